The normalized spacial score (nSPS) is 22.8. The Bertz CT molecular complexity index is 525. The number of thiophene rings is 1. The van der Waals surface area contributed by atoms with Gasteiger partial charge in [-0.25, -0.2) is 0 Å². The minimum atomic E-state index is -0.783. The van der Waals surface area contributed by atoms with Crippen molar-refractivity contribution in [3.05, 3.63) is 21.9 Å². The molecule has 5 heteroatoms. The van der Waals surface area contributed by atoms with Crippen LogP contribution in [0.5, 0.6) is 0 Å². The van der Waals surface area contributed by atoms with E-state index in [1.807, 2.05) is 11.4 Å². The molecule has 0 aliphatic carbocycles. The molecule has 1 aromatic rings. The third-order valence-corrected chi connectivity index (χ3v) is 4.05. The standard InChI is InChI=1S/C14H18N2O2S/c1-14(18)6-3-8-16(10-14)13(17)12-11(4-2-7-15)5-9-19-12/h5,9,18H,3,6-8,10,15H2,1H3. The van der Waals surface area contributed by atoms with E-state index >= 15 is 0 Å². The van der Waals surface area contributed by atoms with Gasteiger partial charge in [-0.3, -0.25) is 4.79 Å². The first-order valence-corrected chi connectivity index (χ1v) is 7.19. The Hall–Kier alpha value is -1.35. The molecule has 1 atom stereocenters. The number of nitrogens with zero attached hydrogens (tertiary/aromatic N) is 1. The van der Waals surface area contributed by atoms with E-state index < -0.39 is 5.60 Å². The number of nitrogens with two attached hydrogens (primary N) is 1. The zero-order valence-electron chi connectivity index (χ0n) is 11.0. The maximum atomic E-state index is 12.5. The lowest BCUT2D eigenvalue weighted by molar-refractivity contribution is -0.0105. The Kier molecular flexibility index (Phi) is 4.25. The summed E-state index contributed by atoms with van der Waals surface area (Å²) in [4.78, 5) is 14.8. The summed E-state index contributed by atoms with van der Waals surface area (Å²) >= 11 is 1.39. The number of rotatable bonds is 1. The molecule has 1 aliphatic rings. The van der Waals surface area contributed by atoms with Crippen LogP contribution in [0.1, 0.15) is 35.0 Å². The van der Waals surface area contributed by atoms with Crippen molar-refractivity contribution in [3.63, 3.8) is 0 Å². The molecule has 2 heterocycles. The number of carbonyl (C=O) groups is 1. The predicted molar refractivity (Wildman–Crippen MR) is 76.0 cm³/mol. The number of likely N-dealkylation sites (tertiary alicyclic amines) is 1. The van der Waals surface area contributed by atoms with Crippen molar-refractivity contribution in [3.8, 4) is 11.8 Å². The summed E-state index contributed by atoms with van der Waals surface area (Å²) in [5, 5.41) is 11.9. The van der Waals surface area contributed by atoms with Gasteiger partial charge in [0.15, 0.2) is 0 Å². The second-order valence-corrected chi connectivity index (χ2v) is 5.91. The Morgan fingerprint density at radius 3 is 3.16 bits per heavy atom. The van der Waals surface area contributed by atoms with Gasteiger partial charge in [-0.15, -0.1) is 11.3 Å². The van der Waals surface area contributed by atoms with Crippen LogP contribution in [0.25, 0.3) is 0 Å². The van der Waals surface area contributed by atoms with Gasteiger partial charge in [-0.05, 0) is 31.2 Å². The highest BCUT2D eigenvalue weighted by molar-refractivity contribution is 7.12. The minimum Gasteiger partial charge on any atom is -0.388 e. The van der Waals surface area contributed by atoms with Crippen LogP contribution in [-0.4, -0.2) is 41.1 Å². The summed E-state index contributed by atoms with van der Waals surface area (Å²) in [5.74, 6) is 5.64. The molecular weight excluding hydrogens is 260 g/mol. The fraction of sp³-hybridized carbons (Fsp3) is 0.500. The van der Waals surface area contributed by atoms with E-state index in [4.69, 9.17) is 5.73 Å². The largest absolute Gasteiger partial charge is 0.388 e. The summed E-state index contributed by atoms with van der Waals surface area (Å²) in [6.07, 6.45) is 1.56. The number of hydrogen-bond acceptors (Lipinski definition) is 4. The second-order valence-electron chi connectivity index (χ2n) is 5.00. The van der Waals surface area contributed by atoms with Crippen LogP contribution in [-0.2, 0) is 0 Å². The highest BCUT2D eigenvalue weighted by Crippen LogP contribution is 2.24. The first-order valence-electron chi connectivity index (χ1n) is 6.31. The summed E-state index contributed by atoms with van der Waals surface area (Å²) in [5.41, 5.74) is 5.30. The van der Waals surface area contributed by atoms with Gasteiger partial charge in [-0.1, -0.05) is 11.8 Å². The van der Waals surface area contributed by atoms with Gasteiger partial charge in [0.05, 0.1) is 12.1 Å². The molecule has 2 rings (SSSR count). The molecular formula is C14H18N2O2S. The summed E-state index contributed by atoms with van der Waals surface area (Å²) in [6.45, 7) is 3.13. The molecule has 1 fully saturated rings. The summed E-state index contributed by atoms with van der Waals surface area (Å²) < 4.78 is 0. The van der Waals surface area contributed by atoms with E-state index in [0.717, 1.165) is 18.4 Å². The molecule has 0 spiro atoms. The highest BCUT2D eigenvalue weighted by atomic mass is 32.1. The SMILES string of the molecule is CC1(O)CCCN(C(=O)c2sccc2C#CCN)C1. The minimum absolute atomic E-state index is 0.0451. The zero-order chi connectivity index (χ0) is 13.9. The molecule has 4 nitrogen and oxygen atoms in total. The van der Waals surface area contributed by atoms with Gasteiger partial charge in [0, 0.05) is 18.7 Å². The smallest absolute Gasteiger partial charge is 0.265 e. The maximum Gasteiger partial charge on any atom is 0.265 e. The van der Waals surface area contributed by atoms with Crippen LogP contribution in [0.3, 0.4) is 0 Å². The van der Waals surface area contributed by atoms with Crippen molar-refractivity contribution < 1.29 is 9.90 Å². The third-order valence-electron chi connectivity index (χ3n) is 3.15. The number of hydrogen-bond donors (Lipinski definition) is 2. The molecule has 1 unspecified atom stereocenters. The van der Waals surface area contributed by atoms with Gasteiger partial charge in [0.1, 0.15) is 4.88 Å². The zero-order valence-corrected chi connectivity index (χ0v) is 11.8. The predicted octanol–water partition coefficient (Wildman–Crippen LogP) is 1.05. The van der Waals surface area contributed by atoms with Crippen LogP contribution >= 0.6 is 11.3 Å². The average molecular weight is 278 g/mol. The van der Waals surface area contributed by atoms with E-state index in [2.05, 4.69) is 11.8 Å². The fourth-order valence-corrected chi connectivity index (χ4v) is 3.07. The van der Waals surface area contributed by atoms with Crippen LogP contribution < -0.4 is 5.73 Å². The van der Waals surface area contributed by atoms with Crippen LogP contribution in [0.15, 0.2) is 11.4 Å². The van der Waals surface area contributed by atoms with Crippen LogP contribution in [0.4, 0.5) is 0 Å². The maximum absolute atomic E-state index is 12.5. The molecule has 1 amide bonds. The van der Waals surface area contributed by atoms with E-state index in [9.17, 15) is 9.90 Å². The van der Waals surface area contributed by atoms with Gasteiger partial charge < -0.3 is 15.7 Å². The van der Waals surface area contributed by atoms with Crippen molar-refractivity contribution in [1.29, 1.82) is 0 Å². The first kappa shape index (κ1) is 14.1. The lowest BCUT2D eigenvalue weighted by atomic mass is 9.95. The summed E-state index contributed by atoms with van der Waals surface area (Å²) in [6, 6.07) is 1.84. The summed E-state index contributed by atoms with van der Waals surface area (Å²) in [7, 11) is 0. The van der Waals surface area contributed by atoms with Crippen molar-refractivity contribution in [2.75, 3.05) is 19.6 Å². The van der Waals surface area contributed by atoms with Gasteiger partial charge in [0.25, 0.3) is 5.91 Å². The molecule has 0 radical (unpaired) electrons. The van der Waals surface area contributed by atoms with E-state index in [1.165, 1.54) is 11.3 Å². The Morgan fingerprint density at radius 1 is 1.68 bits per heavy atom. The molecule has 19 heavy (non-hydrogen) atoms. The second kappa shape index (κ2) is 5.74. The quantitative estimate of drug-likeness (QED) is 0.755. The van der Waals surface area contributed by atoms with Crippen molar-refractivity contribution in [2.24, 2.45) is 5.73 Å². The monoisotopic (exact) mass is 278 g/mol. The van der Waals surface area contributed by atoms with Gasteiger partial charge in [-0.2, -0.15) is 0 Å². The van der Waals surface area contributed by atoms with Gasteiger partial charge in [0.2, 0.25) is 0 Å². The van der Waals surface area contributed by atoms with Crippen molar-refractivity contribution in [2.45, 2.75) is 25.4 Å². The average Bonchev–Trinajstić information content (AvgIpc) is 2.82. The third kappa shape index (κ3) is 3.35. The fourth-order valence-electron chi connectivity index (χ4n) is 2.26. The first-order chi connectivity index (χ1) is 9.03. The molecule has 0 aromatic carbocycles. The Morgan fingerprint density at radius 2 is 2.47 bits per heavy atom. The van der Waals surface area contributed by atoms with E-state index in [0.29, 0.717) is 18.0 Å². The Balaban J connectivity index is 2.18. The van der Waals surface area contributed by atoms with Crippen molar-refractivity contribution >= 4 is 17.2 Å². The number of piperidine rings is 1. The van der Waals surface area contributed by atoms with E-state index in [1.54, 1.807) is 11.8 Å². The number of carbonyl (C=O) groups excluding carboxylic acids is 1. The molecule has 3 N–H and O–H groups in total. The van der Waals surface area contributed by atoms with Gasteiger partial charge >= 0.3 is 0 Å². The van der Waals surface area contributed by atoms with Crippen LogP contribution in [0.2, 0.25) is 0 Å². The number of β-amino-alcohol motifs (C(OH)–C–C–N with tert-alkyl or cyclic N) is 1. The molecule has 1 saturated heterocycles. The lowest BCUT2D eigenvalue weighted by Crippen LogP contribution is -2.48. The van der Waals surface area contributed by atoms with E-state index in [-0.39, 0.29) is 12.5 Å². The molecule has 1 aliphatic heterocycles. The van der Waals surface area contributed by atoms with Crippen molar-refractivity contribution in [1.82, 2.24) is 4.90 Å². The topological polar surface area (TPSA) is 66.6 Å². The molecule has 1 aromatic heterocycles. The number of amides is 1. The number of aliphatic hydroxyl groups is 1. The highest BCUT2D eigenvalue weighted by Gasteiger charge is 2.32. The van der Waals surface area contributed by atoms with Crippen LogP contribution in [0, 0.1) is 11.8 Å². The molecule has 102 valence electrons. The molecule has 0 saturated carbocycles. The Labute approximate surface area is 117 Å². The molecule has 0 bridgehead atoms. The lowest BCUT2D eigenvalue weighted by Gasteiger charge is -2.36.